The lowest BCUT2D eigenvalue weighted by Crippen LogP contribution is -3.00. The first kappa shape index (κ1) is 13.9. The third-order valence-corrected chi connectivity index (χ3v) is 2.28. The minimum absolute atomic E-state index is 0. The lowest BCUT2D eigenvalue weighted by Gasteiger charge is -2.03. The zero-order valence-corrected chi connectivity index (χ0v) is 10.2. The first-order valence-electron chi connectivity index (χ1n) is 4.39. The van der Waals surface area contributed by atoms with Crippen LogP contribution in [0.4, 0.5) is 0 Å². The molecule has 0 aliphatic rings. The molecule has 0 aromatic heterocycles. The molecule has 0 fully saturated rings. The molecule has 2 N–H and O–H groups in total. The third-order valence-electron chi connectivity index (χ3n) is 1.75. The number of nitrogens with one attached hydrogen (secondary N) is 1. The maximum atomic E-state index is 8.55. The number of halogens is 2. The van der Waals surface area contributed by atoms with Gasteiger partial charge in [0.25, 0.3) is 0 Å². The lowest BCUT2D eigenvalue weighted by molar-refractivity contribution is -0.00000374. The zero-order chi connectivity index (χ0) is 9.52. The Balaban J connectivity index is 0.00000169. The van der Waals surface area contributed by atoms with Crippen LogP contribution in [0.25, 0.3) is 0 Å². The molecule has 0 unspecified atom stereocenters. The summed E-state index contributed by atoms with van der Waals surface area (Å²) in [4.78, 5) is 0. The highest BCUT2D eigenvalue weighted by Gasteiger charge is 1.91. The second-order valence-electron chi connectivity index (χ2n) is 2.88. The van der Waals surface area contributed by atoms with Gasteiger partial charge >= 0.3 is 0 Å². The summed E-state index contributed by atoms with van der Waals surface area (Å²) >= 11 is 3.39. The monoisotopic (exact) mass is 278 g/mol. The SMILES string of the molecule is OCCCNCc1ccc(Br)cc1.[Cl-]. The van der Waals surface area contributed by atoms with E-state index in [0.29, 0.717) is 0 Å². The van der Waals surface area contributed by atoms with Crippen LogP contribution in [-0.4, -0.2) is 18.3 Å². The third kappa shape index (κ3) is 5.60. The molecule has 4 heteroatoms. The molecule has 0 aliphatic carbocycles. The molecule has 0 saturated heterocycles. The number of hydrogen-bond acceptors (Lipinski definition) is 2. The standard InChI is InChI=1S/C10H14BrNO.ClH/c11-10-4-2-9(3-5-10)8-12-6-1-7-13;/h2-5,12-13H,1,6-8H2;1H/p-1. The van der Waals surface area contributed by atoms with Crippen molar-refractivity contribution in [3.05, 3.63) is 34.3 Å². The fourth-order valence-electron chi connectivity index (χ4n) is 1.04. The highest BCUT2D eigenvalue weighted by Crippen LogP contribution is 2.09. The smallest absolute Gasteiger partial charge is 0.0443 e. The van der Waals surface area contributed by atoms with Crippen molar-refractivity contribution < 1.29 is 17.5 Å². The summed E-state index contributed by atoms with van der Waals surface area (Å²) in [5, 5.41) is 11.8. The number of rotatable bonds is 5. The molecule has 0 bridgehead atoms. The molecule has 0 saturated carbocycles. The van der Waals surface area contributed by atoms with Crippen LogP contribution in [0.1, 0.15) is 12.0 Å². The van der Waals surface area contributed by atoms with Crippen molar-refractivity contribution in [3.8, 4) is 0 Å². The average molecular weight is 280 g/mol. The van der Waals surface area contributed by atoms with Gasteiger partial charge in [0.05, 0.1) is 0 Å². The summed E-state index contributed by atoms with van der Waals surface area (Å²) in [6, 6.07) is 8.22. The first-order chi connectivity index (χ1) is 6.33. The Labute approximate surface area is 99.3 Å². The number of aliphatic hydroxyl groups is 1. The van der Waals surface area contributed by atoms with Gasteiger partial charge < -0.3 is 22.8 Å². The van der Waals surface area contributed by atoms with E-state index in [1.807, 2.05) is 12.1 Å². The fourth-order valence-corrected chi connectivity index (χ4v) is 1.30. The summed E-state index contributed by atoms with van der Waals surface area (Å²) < 4.78 is 1.10. The van der Waals surface area contributed by atoms with Crippen LogP contribution in [0, 0.1) is 0 Å². The average Bonchev–Trinajstić information content (AvgIpc) is 2.15. The van der Waals surface area contributed by atoms with Crippen LogP contribution in [0.3, 0.4) is 0 Å². The van der Waals surface area contributed by atoms with E-state index in [9.17, 15) is 0 Å². The van der Waals surface area contributed by atoms with E-state index in [0.717, 1.165) is 24.0 Å². The summed E-state index contributed by atoms with van der Waals surface area (Å²) in [6.07, 6.45) is 0.816. The Kier molecular flexibility index (Phi) is 8.18. The molecule has 1 rings (SSSR count). The largest absolute Gasteiger partial charge is 1.00 e. The van der Waals surface area contributed by atoms with Gasteiger partial charge in [-0.25, -0.2) is 0 Å². The van der Waals surface area contributed by atoms with Gasteiger partial charge in [-0.1, -0.05) is 28.1 Å². The van der Waals surface area contributed by atoms with Gasteiger partial charge in [-0.15, -0.1) is 0 Å². The second-order valence-corrected chi connectivity index (χ2v) is 3.80. The van der Waals surface area contributed by atoms with E-state index in [4.69, 9.17) is 5.11 Å². The van der Waals surface area contributed by atoms with Crippen molar-refractivity contribution in [3.63, 3.8) is 0 Å². The van der Waals surface area contributed by atoms with Crippen LogP contribution >= 0.6 is 15.9 Å². The fraction of sp³-hybridized carbons (Fsp3) is 0.400. The van der Waals surface area contributed by atoms with Crippen LogP contribution < -0.4 is 17.7 Å². The van der Waals surface area contributed by atoms with Crippen LogP contribution in [-0.2, 0) is 6.54 Å². The van der Waals surface area contributed by atoms with Gasteiger partial charge in [0, 0.05) is 17.6 Å². The highest BCUT2D eigenvalue weighted by molar-refractivity contribution is 9.10. The minimum atomic E-state index is 0. The Morgan fingerprint density at radius 1 is 1.21 bits per heavy atom. The molecule has 0 amide bonds. The summed E-state index contributed by atoms with van der Waals surface area (Å²) in [7, 11) is 0. The molecule has 0 heterocycles. The van der Waals surface area contributed by atoms with E-state index < -0.39 is 0 Å². The van der Waals surface area contributed by atoms with Gasteiger partial charge in [0.2, 0.25) is 0 Å². The van der Waals surface area contributed by atoms with Crippen LogP contribution in [0.2, 0.25) is 0 Å². The Morgan fingerprint density at radius 3 is 2.43 bits per heavy atom. The quantitative estimate of drug-likeness (QED) is 0.673. The normalized spacial score (nSPS) is 9.57. The Morgan fingerprint density at radius 2 is 1.86 bits per heavy atom. The van der Waals surface area contributed by atoms with Gasteiger partial charge in [-0.05, 0) is 30.7 Å². The molecule has 80 valence electrons. The van der Waals surface area contributed by atoms with Crippen molar-refractivity contribution in [1.82, 2.24) is 5.32 Å². The van der Waals surface area contributed by atoms with E-state index in [2.05, 4.69) is 33.4 Å². The van der Waals surface area contributed by atoms with E-state index in [1.165, 1.54) is 5.56 Å². The summed E-state index contributed by atoms with van der Waals surface area (Å²) in [5.41, 5.74) is 1.26. The maximum Gasteiger partial charge on any atom is 0.0443 e. The number of hydrogen-bond donors (Lipinski definition) is 2. The van der Waals surface area contributed by atoms with Crippen LogP contribution in [0.15, 0.2) is 28.7 Å². The van der Waals surface area contributed by atoms with Gasteiger partial charge in [-0.3, -0.25) is 0 Å². The van der Waals surface area contributed by atoms with Gasteiger partial charge in [0.15, 0.2) is 0 Å². The molecule has 0 spiro atoms. The zero-order valence-electron chi connectivity index (χ0n) is 7.84. The van der Waals surface area contributed by atoms with Crippen molar-refractivity contribution in [1.29, 1.82) is 0 Å². The highest BCUT2D eigenvalue weighted by atomic mass is 79.9. The molecule has 0 radical (unpaired) electrons. The predicted octanol–water partition coefficient (Wildman–Crippen LogP) is -1.07. The molecule has 1 aromatic carbocycles. The van der Waals surface area contributed by atoms with Crippen molar-refractivity contribution >= 4 is 15.9 Å². The molecule has 0 aliphatic heterocycles. The number of benzene rings is 1. The Bertz CT molecular complexity index is 240. The van der Waals surface area contributed by atoms with Crippen molar-refractivity contribution in [2.24, 2.45) is 0 Å². The Hall–Kier alpha value is -0.0900. The lowest BCUT2D eigenvalue weighted by atomic mass is 10.2. The minimum Gasteiger partial charge on any atom is -1.00 e. The molecule has 14 heavy (non-hydrogen) atoms. The van der Waals surface area contributed by atoms with Crippen molar-refractivity contribution in [2.45, 2.75) is 13.0 Å². The van der Waals surface area contributed by atoms with E-state index >= 15 is 0 Å². The number of aliphatic hydroxyl groups excluding tert-OH is 1. The van der Waals surface area contributed by atoms with Gasteiger partial charge in [0.1, 0.15) is 0 Å². The summed E-state index contributed by atoms with van der Waals surface area (Å²) in [5.74, 6) is 0. The summed E-state index contributed by atoms with van der Waals surface area (Å²) in [6.45, 7) is 1.99. The molecular formula is C10H14BrClNO-. The predicted molar refractivity (Wildman–Crippen MR) is 57.6 cm³/mol. The first-order valence-corrected chi connectivity index (χ1v) is 5.18. The van der Waals surface area contributed by atoms with Gasteiger partial charge in [-0.2, -0.15) is 0 Å². The topological polar surface area (TPSA) is 32.3 Å². The van der Waals surface area contributed by atoms with Crippen LogP contribution in [0.5, 0.6) is 0 Å². The van der Waals surface area contributed by atoms with E-state index in [1.54, 1.807) is 0 Å². The maximum absolute atomic E-state index is 8.55. The van der Waals surface area contributed by atoms with Crippen molar-refractivity contribution in [2.75, 3.05) is 13.2 Å². The van der Waals surface area contributed by atoms with E-state index in [-0.39, 0.29) is 19.0 Å². The molecular weight excluding hydrogens is 265 g/mol. The second kappa shape index (κ2) is 8.24. The molecule has 2 nitrogen and oxygen atoms in total. The molecule has 1 aromatic rings. The molecule has 0 atom stereocenters.